The third-order valence-electron chi connectivity index (χ3n) is 3.34. The lowest BCUT2D eigenvalue weighted by Crippen LogP contribution is -2.34. The summed E-state index contributed by atoms with van der Waals surface area (Å²) in [5, 5.41) is 0. The van der Waals surface area contributed by atoms with Crippen LogP contribution in [0.25, 0.3) is 0 Å². The second kappa shape index (κ2) is 2.74. The molecular formula is C9H14NS. The van der Waals surface area contributed by atoms with Crippen LogP contribution in [0, 0.1) is 11.8 Å². The molecule has 0 heterocycles. The third kappa shape index (κ3) is 1.18. The standard InChI is InChI=1S/C9H14NS/c1-10(6-11)9-5-7-2-3-8(9)4-7/h7-9H,2-5H2,1H3. The molecule has 2 rings (SSSR count). The van der Waals surface area contributed by atoms with E-state index in [9.17, 15) is 0 Å². The van der Waals surface area contributed by atoms with Crippen LogP contribution in [0.1, 0.15) is 25.7 Å². The van der Waals surface area contributed by atoms with Gasteiger partial charge in [-0.3, -0.25) is 0 Å². The predicted octanol–water partition coefficient (Wildman–Crippen LogP) is 1.94. The highest BCUT2D eigenvalue weighted by atomic mass is 32.1. The van der Waals surface area contributed by atoms with Gasteiger partial charge in [-0.25, -0.2) is 0 Å². The van der Waals surface area contributed by atoms with Gasteiger partial charge in [0.1, 0.15) is 5.49 Å². The molecule has 2 bridgehead atoms. The fourth-order valence-electron chi connectivity index (χ4n) is 2.75. The van der Waals surface area contributed by atoms with E-state index in [-0.39, 0.29) is 0 Å². The normalized spacial score (nSPS) is 41.0. The molecule has 2 aliphatic rings. The van der Waals surface area contributed by atoms with Crippen molar-refractivity contribution in [1.82, 2.24) is 4.90 Å². The molecule has 0 aromatic heterocycles. The first-order chi connectivity index (χ1) is 5.31. The van der Waals surface area contributed by atoms with Crippen molar-refractivity contribution in [1.29, 1.82) is 0 Å². The maximum absolute atomic E-state index is 4.80. The Bertz CT molecular complexity index is 169. The van der Waals surface area contributed by atoms with Crippen molar-refractivity contribution in [3.63, 3.8) is 0 Å². The van der Waals surface area contributed by atoms with E-state index >= 15 is 0 Å². The van der Waals surface area contributed by atoms with Crippen LogP contribution < -0.4 is 0 Å². The quantitative estimate of drug-likeness (QED) is 0.458. The second-order valence-corrected chi connectivity index (χ2v) is 4.13. The van der Waals surface area contributed by atoms with Gasteiger partial charge in [0.25, 0.3) is 0 Å². The lowest BCUT2D eigenvalue weighted by Gasteiger charge is -2.28. The lowest BCUT2D eigenvalue weighted by atomic mass is 9.95. The highest BCUT2D eigenvalue weighted by Gasteiger charge is 2.40. The van der Waals surface area contributed by atoms with Gasteiger partial charge in [0.05, 0.1) is 0 Å². The van der Waals surface area contributed by atoms with Crippen molar-refractivity contribution >= 4 is 17.7 Å². The van der Waals surface area contributed by atoms with Gasteiger partial charge in [-0.1, -0.05) is 18.6 Å². The van der Waals surface area contributed by atoms with Crippen molar-refractivity contribution in [2.75, 3.05) is 7.05 Å². The highest BCUT2D eigenvalue weighted by molar-refractivity contribution is 7.78. The van der Waals surface area contributed by atoms with E-state index in [0.29, 0.717) is 0 Å². The monoisotopic (exact) mass is 168 g/mol. The van der Waals surface area contributed by atoms with Gasteiger partial charge in [-0.2, -0.15) is 0 Å². The van der Waals surface area contributed by atoms with Gasteiger partial charge in [-0.05, 0) is 31.1 Å². The number of nitrogens with zero attached hydrogens (tertiary/aromatic N) is 1. The van der Waals surface area contributed by atoms with E-state index < -0.39 is 0 Å². The Kier molecular flexibility index (Phi) is 1.88. The Labute approximate surface area is 73.8 Å². The van der Waals surface area contributed by atoms with Crippen LogP contribution in [0.4, 0.5) is 0 Å². The average Bonchev–Trinajstić information content (AvgIpc) is 2.62. The summed E-state index contributed by atoms with van der Waals surface area (Å²) in [4.78, 5) is 2.11. The maximum atomic E-state index is 4.80. The molecule has 0 aromatic carbocycles. The first-order valence-corrected chi connectivity index (χ1v) is 4.82. The van der Waals surface area contributed by atoms with Crippen LogP contribution >= 0.6 is 12.2 Å². The fourth-order valence-corrected chi connectivity index (χ4v) is 2.89. The highest BCUT2D eigenvalue weighted by Crippen LogP contribution is 2.45. The van der Waals surface area contributed by atoms with Gasteiger partial charge in [0.2, 0.25) is 0 Å². The molecule has 0 aliphatic heterocycles. The third-order valence-corrected chi connectivity index (χ3v) is 3.63. The van der Waals surface area contributed by atoms with Crippen LogP contribution in [0.15, 0.2) is 0 Å². The summed E-state index contributed by atoms with van der Waals surface area (Å²) in [5.41, 5.74) is 2.81. The van der Waals surface area contributed by atoms with E-state index in [2.05, 4.69) is 17.4 Å². The molecule has 2 aliphatic carbocycles. The molecule has 61 valence electrons. The van der Waals surface area contributed by atoms with Crippen LogP contribution in [0.2, 0.25) is 0 Å². The molecule has 11 heavy (non-hydrogen) atoms. The Morgan fingerprint density at radius 2 is 2.18 bits per heavy atom. The molecule has 0 saturated heterocycles. The molecule has 1 nitrogen and oxygen atoms in total. The van der Waals surface area contributed by atoms with Gasteiger partial charge in [-0.15, -0.1) is 0 Å². The summed E-state index contributed by atoms with van der Waals surface area (Å²) < 4.78 is 0. The van der Waals surface area contributed by atoms with Crippen molar-refractivity contribution in [3.8, 4) is 0 Å². The second-order valence-electron chi connectivity index (χ2n) is 3.94. The minimum Gasteiger partial charge on any atom is -0.360 e. The van der Waals surface area contributed by atoms with Crippen molar-refractivity contribution in [2.45, 2.75) is 31.7 Å². The van der Waals surface area contributed by atoms with Crippen LogP contribution in [0.3, 0.4) is 0 Å². The molecule has 3 unspecified atom stereocenters. The summed E-state index contributed by atoms with van der Waals surface area (Å²) >= 11 is 4.80. The van der Waals surface area contributed by atoms with E-state index in [0.717, 1.165) is 17.9 Å². The van der Waals surface area contributed by atoms with Crippen LogP contribution in [0.5, 0.6) is 0 Å². The minimum absolute atomic E-state index is 0.728. The molecule has 2 heteroatoms. The summed E-state index contributed by atoms with van der Waals surface area (Å²) in [7, 11) is 2.07. The van der Waals surface area contributed by atoms with E-state index in [1.807, 2.05) is 0 Å². The fraction of sp³-hybridized carbons (Fsp3) is 0.889. The van der Waals surface area contributed by atoms with Crippen molar-refractivity contribution in [2.24, 2.45) is 11.8 Å². The number of hydrogen-bond acceptors (Lipinski definition) is 1. The number of fused-ring (bicyclic) bond motifs is 2. The van der Waals surface area contributed by atoms with Gasteiger partial charge in [0, 0.05) is 13.1 Å². The van der Waals surface area contributed by atoms with Gasteiger partial charge in [0.15, 0.2) is 0 Å². The molecule has 3 atom stereocenters. The van der Waals surface area contributed by atoms with Crippen LogP contribution in [-0.4, -0.2) is 23.5 Å². The molecule has 0 amide bonds. The van der Waals surface area contributed by atoms with Crippen molar-refractivity contribution < 1.29 is 0 Å². The van der Waals surface area contributed by atoms with Crippen LogP contribution in [-0.2, 0) is 0 Å². The Morgan fingerprint density at radius 3 is 2.64 bits per heavy atom. The van der Waals surface area contributed by atoms with Crippen molar-refractivity contribution in [3.05, 3.63) is 0 Å². The smallest absolute Gasteiger partial charge is 0.136 e. The zero-order valence-corrected chi connectivity index (χ0v) is 7.73. The van der Waals surface area contributed by atoms with E-state index in [1.54, 1.807) is 0 Å². The molecular weight excluding hydrogens is 154 g/mol. The van der Waals surface area contributed by atoms with E-state index in [4.69, 9.17) is 12.2 Å². The first-order valence-electron chi connectivity index (χ1n) is 4.42. The summed E-state index contributed by atoms with van der Waals surface area (Å²) in [6, 6.07) is 0.728. The van der Waals surface area contributed by atoms with Gasteiger partial charge >= 0.3 is 0 Å². The molecule has 0 spiro atoms. The molecule has 0 aromatic rings. The molecule has 2 fully saturated rings. The lowest BCUT2D eigenvalue weighted by molar-refractivity contribution is 0.267. The number of thiocarbonyl (C=S) groups is 1. The molecule has 1 radical (unpaired) electrons. The molecule has 0 N–H and O–H groups in total. The zero-order valence-electron chi connectivity index (χ0n) is 6.92. The topological polar surface area (TPSA) is 3.24 Å². The minimum atomic E-state index is 0.728. The maximum Gasteiger partial charge on any atom is 0.136 e. The summed E-state index contributed by atoms with van der Waals surface area (Å²) in [5.74, 6) is 1.94. The average molecular weight is 168 g/mol. The Balaban J connectivity index is 2.01. The number of rotatable bonds is 2. The van der Waals surface area contributed by atoms with Gasteiger partial charge < -0.3 is 4.90 Å². The predicted molar refractivity (Wildman–Crippen MR) is 49.6 cm³/mol. The Morgan fingerprint density at radius 1 is 1.36 bits per heavy atom. The molecule has 2 saturated carbocycles. The SMILES string of the molecule is CN([C]=S)C1CC2CCC1C2. The summed E-state index contributed by atoms with van der Waals surface area (Å²) in [6.45, 7) is 0. The summed E-state index contributed by atoms with van der Waals surface area (Å²) in [6.07, 6.45) is 5.71. The largest absolute Gasteiger partial charge is 0.360 e. The zero-order chi connectivity index (χ0) is 7.84. The first kappa shape index (κ1) is 7.53. The van der Waals surface area contributed by atoms with E-state index in [1.165, 1.54) is 25.7 Å². The Hall–Kier alpha value is -0.110. The number of hydrogen-bond donors (Lipinski definition) is 0.